The van der Waals surface area contributed by atoms with Gasteiger partial charge in [-0.25, -0.2) is 4.39 Å². The number of ketones is 1. The summed E-state index contributed by atoms with van der Waals surface area (Å²) in [6.07, 6.45) is 3.16. The molecule has 3 heteroatoms. The highest BCUT2D eigenvalue weighted by Gasteiger charge is 2.04. The van der Waals surface area contributed by atoms with Gasteiger partial charge in [-0.05, 0) is 54.6 Å². The molecule has 0 saturated carbocycles. The maximum Gasteiger partial charge on any atom is 0.185 e. The zero-order valence-electron chi connectivity index (χ0n) is 12.9. The second-order valence-corrected chi connectivity index (χ2v) is 5.16. The third kappa shape index (κ3) is 3.96. The minimum Gasteiger partial charge on any atom is -0.457 e. The highest BCUT2D eigenvalue weighted by atomic mass is 19.1. The van der Waals surface area contributed by atoms with Gasteiger partial charge in [0.1, 0.15) is 17.3 Å². The molecule has 0 spiro atoms. The third-order valence-corrected chi connectivity index (χ3v) is 3.43. The van der Waals surface area contributed by atoms with Crippen LogP contribution in [0, 0.1) is 5.82 Å². The number of hydrogen-bond donors (Lipinski definition) is 0. The van der Waals surface area contributed by atoms with Crippen LogP contribution in [0.15, 0.2) is 84.9 Å². The van der Waals surface area contributed by atoms with E-state index in [1.54, 1.807) is 6.08 Å². The summed E-state index contributed by atoms with van der Waals surface area (Å²) in [7, 11) is 0. The normalized spacial score (nSPS) is 10.7. The summed E-state index contributed by atoms with van der Waals surface area (Å²) < 4.78 is 18.8. The van der Waals surface area contributed by atoms with Crippen molar-refractivity contribution in [1.82, 2.24) is 0 Å². The minimum absolute atomic E-state index is 0.190. The van der Waals surface area contributed by atoms with E-state index in [1.165, 1.54) is 30.3 Å². The topological polar surface area (TPSA) is 26.3 Å². The first-order chi connectivity index (χ1) is 11.7. The second kappa shape index (κ2) is 7.38. The first-order valence-electron chi connectivity index (χ1n) is 7.52. The number of carbonyl (C=O) groups is 1. The summed E-state index contributed by atoms with van der Waals surface area (Å²) in [5.74, 6) is 0.830. The fourth-order valence-corrected chi connectivity index (χ4v) is 2.20. The molecule has 118 valence electrons. The van der Waals surface area contributed by atoms with Gasteiger partial charge in [0, 0.05) is 11.1 Å². The van der Waals surface area contributed by atoms with Gasteiger partial charge in [0.25, 0.3) is 0 Å². The van der Waals surface area contributed by atoms with Crippen LogP contribution in [0.1, 0.15) is 15.9 Å². The zero-order valence-corrected chi connectivity index (χ0v) is 12.9. The molecule has 0 aliphatic heterocycles. The van der Waals surface area contributed by atoms with Gasteiger partial charge in [-0.1, -0.05) is 36.4 Å². The van der Waals surface area contributed by atoms with Crippen molar-refractivity contribution < 1.29 is 13.9 Å². The maximum absolute atomic E-state index is 12.9. The molecule has 3 aromatic rings. The molecule has 3 rings (SSSR count). The molecule has 0 fully saturated rings. The van der Waals surface area contributed by atoms with E-state index in [0.29, 0.717) is 11.3 Å². The fourth-order valence-electron chi connectivity index (χ4n) is 2.20. The highest BCUT2D eigenvalue weighted by Crippen LogP contribution is 2.26. The van der Waals surface area contributed by atoms with E-state index in [1.807, 2.05) is 54.6 Å². The van der Waals surface area contributed by atoms with Crippen molar-refractivity contribution in [2.24, 2.45) is 0 Å². The van der Waals surface area contributed by atoms with Crippen molar-refractivity contribution in [3.63, 3.8) is 0 Å². The van der Waals surface area contributed by atoms with Crippen LogP contribution in [0.4, 0.5) is 4.39 Å². The van der Waals surface area contributed by atoms with Crippen molar-refractivity contribution in [1.29, 1.82) is 0 Å². The molecule has 0 N–H and O–H groups in total. The van der Waals surface area contributed by atoms with E-state index < -0.39 is 0 Å². The van der Waals surface area contributed by atoms with Gasteiger partial charge in [-0.2, -0.15) is 0 Å². The van der Waals surface area contributed by atoms with Crippen molar-refractivity contribution in [2.45, 2.75) is 0 Å². The van der Waals surface area contributed by atoms with Crippen LogP contribution in [0.3, 0.4) is 0 Å². The van der Waals surface area contributed by atoms with Crippen molar-refractivity contribution in [3.05, 3.63) is 102 Å². The predicted molar refractivity (Wildman–Crippen MR) is 92.7 cm³/mol. The minimum atomic E-state index is -0.364. The molecule has 0 amide bonds. The molecule has 0 aliphatic carbocycles. The number of allylic oxidation sites excluding steroid dienone is 1. The van der Waals surface area contributed by atoms with Gasteiger partial charge >= 0.3 is 0 Å². The molecular weight excluding hydrogens is 303 g/mol. The van der Waals surface area contributed by atoms with Crippen LogP contribution in [-0.4, -0.2) is 5.78 Å². The van der Waals surface area contributed by atoms with Crippen LogP contribution in [0.25, 0.3) is 6.08 Å². The summed E-state index contributed by atoms with van der Waals surface area (Å²) in [5.41, 5.74) is 1.23. The Kier molecular flexibility index (Phi) is 4.82. The van der Waals surface area contributed by atoms with Crippen LogP contribution in [0.2, 0.25) is 0 Å². The van der Waals surface area contributed by atoms with Crippen LogP contribution in [0.5, 0.6) is 11.5 Å². The summed E-state index contributed by atoms with van der Waals surface area (Å²) in [4.78, 5) is 12.1. The molecule has 0 aliphatic rings. The fraction of sp³-hybridized carbons (Fsp3) is 0. The molecule has 0 heterocycles. The van der Waals surface area contributed by atoms with Crippen molar-refractivity contribution in [3.8, 4) is 11.5 Å². The van der Waals surface area contributed by atoms with E-state index in [9.17, 15) is 9.18 Å². The number of benzene rings is 3. The SMILES string of the molecule is O=C(/C=C/c1ccccc1Oc1ccccc1)c1ccc(F)cc1. The van der Waals surface area contributed by atoms with E-state index in [-0.39, 0.29) is 11.6 Å². The Labute approximate surface area is 139 Å². The van der Waals surface area contributed by atoms with Gasteiger partial charge in [0.05, 0.1) is 0 Å². The lowest BCUT2D eigenvalue weighted by atomic mass is 10.1. The molecule has 0 bridgehead atoms. The molecule has 0 radical (unpaired) electrons. The van der Waals surface area contributed by atoms with E-state index in [4.69, 9.17) is 4.74 Å². The van der Waals surface area contributed by atoms with Crippen LogP contribution < -0.4 is 4.74 Å². The number of rotatable bonds is 5. The smallest absolute Gasteiger partial charge is 0.185 e. The lowest BCUT2D eigenvalue weighted by Crippen LogP contribution is -1.94. The van der Waals surface area contributed by atoms with Gasteiger partial charge in [0.15, 0.2) is 5.78 Å². The van der Waals surface area contributed by atoms with Gasteiger partial charge in [-0.15, -0.1) is 0 Å². The Bertz CT molecular complexity index is 853. The molecule has 0 aromatic heterocycles. The van der Waals surface area contributed by atoms with E-state index >= 15 is 0 Å². The van der Waals surface area contributed by atoms with E-state index in [2.05, 4.69) is 0 Å². The Hall–Kier alpha value is -3.20. The third-order valence-electron chi connectivity index (χ3n) is 3.43. The Morgan fingerprint density at radius 1 is 0.833 bits per heavy atom. The molecular formula is C21H15FO2. The Morgan fingerprint density at radius 3 is 2.25 bits per heavy atom. The molecule has 2 nitrogen and oxygen atoms in total. The Morgan fingerprint density at radius 2 is 1.50 bits per heavy atom. The molecule has 3 aromatic carbocycles. The van der Waals surface area contributed by atoms with Crippen LogP contribution >= 0.6 is 0 Å². The average molecular weight is 318 g/mol. The average Bonchev–Trinajstić information content (AvgIpc) is 2.62. The molecule has 0 saturated heterocycles. The lowest BCUT2D eigenvalue weighted by Gasteiger charge is -2.08. The number of halogens is 1. The number of para-hydroxylation sites is 2. The van der Waals surface area contributed by atoms with Gasteiger partial charge in [-0.3, -0.25) is 4.79 Å². The predicted octanol–water partition coefficient (Wildman–Crippen LogP) is 5.51. The van der Waals surface area contributed by atoms with Gasteiger partial charge < -0.3 is 4.74 Å². The molecule has 24 heavy (non-hydrogen) atoms. The number of hydrogen-bond acceptors (Lipinski definition) is 2. The largest absolute Gasteiger partial charge is 0.457 e. The summed E-state index contributed by atoms with van der Waals surface area (Å²) >= 11 is 0. The molecule has 0 unspecified atom stereocenters. The van der Waals surface area contributed by atoms with Gasteiger partial charge in [0.2, 0.25) is 0 Å². The monoisotopic (exact) mass is 318 g/mol. The quantitative estimate of drug-likeness (QED) is 0.458. The summed E-state index contributed by atoms with van der Waals surface area (Å²) in [5, 5.41) is 0. The van der Waals surface area contributed by atoms with Crippen molar-refractivity contribution >= 4 is 11.9 Å². The number of ether oxygens (including phenoxy) is 1. The highest BCUT2D eigenvalue weighted by molar-refractivity contribution is 6.06. The molecule has 0 atom stereocenters. The first-order valence-corrected chi connectivity index (χ1v) is 7.52. The number of carbonyl (C=O) groups excluding carboxylic acids is 1. The Balaban J connectivity index is 1.80. The summed E-state index contributed by atoms with van der Waals surface area (Å²) in [6.45, 7) is 0. The summed E-state index contributed by atoms with van der Waals surface area (Å²) in [6, 6.07) is 22.4. The van der Waals surface area contributed by atoms with Crippen molar-refractivity contribution in [2.75, 3.05) is 0 Å². The lowest BCUT2D eigenvalue weighted by molar-refractivity contribution is 0.104. The maximum atomic E-state index is 12.9. The van der Waals surface area contributed by atoms with Crippen LogP contribution in [-0.2, 0) is 0 Å². The second-order valence-electron chi connectivity index (χ2n) is 5.16. The first kappa shape index (κ1) is 15.7. The van der Waals surface area contributed by atoms with E-state index in [0.717, 1.165) is 11.3 Å². The zero-order chi connectivity index (χ0) is 16.8. The standard InChI is InChI=1S/C21H15FO2/c22-18-13-10-16(11-14-18)20(23)15-12-17-6-4-5-9-21(17)24-19-7-2-1-3-8-19/h1-15H/b15-12+.